The number of methoxy groups -OCH3 is 1. The second-order valence-corrected chi connectivity index (χ2v) is 6.13. The Bertz CT molecular complexity index is 710. The SMILES string of the molecule is COc1ccc(CN(C)C(=O)C2CCc3nncn3C2)cc1C. The molecule has 0 spiro atoms. The molecule has 6 nitrogen and oxygen atoms in total. The van der Waals surface area contributed by atoms with Crippen molar-refractivity contribution in [3.8, 4) is 5.75 Å². The minimum atomic E-state index is 0.00263. The fraction of sp³-hybridized carbons (Fsp3) is 0.471. The van der Waals surface area contributed by atoms with Crippen LogP contribution in [-0.4, -0.2) is 39.7 Å². The molecule has 2 aromatic rings. The molecule has 0 fully saturated rings. The van der Waals surface area contributed by atoms with Crippen LogP contribution in [0.15, 0.2) is 24.5 Å². The first-order valence-corrected chi connectivity index (χ1v) is 7.83. The van der Waals surface area contributed by atoms with Gasteiger partial charge in [-0.1, -0.05) is 12.1 Å². The van der Waals surface area contributed by atoms with Crippen molar-refractivity contribution in [2.45, 2.75) is 32.9 Å². The van der Waals surface area contributed by atoms with Gasteiger partial charge in [-0.05, 0) is 30.5 Å². The lowest BCUT2D eigenvalue weighted by Gasteiger charge is -2.27. The standard InChI is InChI=1S/C17H22N4O2/c1-12-8-13(4-6-15(12)23-3)9-20(2)17(22)14-5-7-16-19-18-11-21(16)10-14/h4,6,8,11,14H,5,7,9-10H2,1-3H3. The van der Waals surface area contributed by atoms with Crippen molar-refractivity contribution in [2.24, 2.45) is 5.92 Å². The van der Waals surface area contributed by atoms with Gasteiger partial charge in [0, 0.05) is 26.6 Å². The highest BCUT2D eigenvalue weighted by molar-refractivity contribution is 5.78. The van der Waals surface area contributed by atoms with Crippen molar-refractivity contribution >= 4 is 5.91 Å². The molecule has 122 valence electrons. The Hall–Kier alpha value is -2.37. The van der Waals surface area contributed by atoms with Crippen molar-refractivity contribution in [3.05, 3.63) is 41.5 Å². The van der Waals surface area contributed by atoms with Crippen LogP contribution >= 0.6 is 0 Å². The largest absolute Gasteiger partial charge is 0.496 e. The summed E-state index contributed by atoms with van der Waals surface area (Å²) in [5, 5.41) is 7.98. The summed E-state index contributed by atoms with van der Waals surface area (Å²) < 4.78 is 7.26. The van der Waals surface area contributed by atoms with E-state index in [1.165, 1.54) is 0 Å². The maximum Gasteiger partial charge on any atom is 0.227 e. The fourth-order valence-corrected chi connectivity index (χ4v) is 3.16. The average molecular weight is 314 g/mol. The monoisotopic (exact) mass is 314 g/mol. The van der Waals surface area contributed by atoms with Gasteiger partial charge in [0.1, 0.15) is 17.9 Å². The molecule has 0 aliphatic carbocycles. The number of benzene rings is 1. The van der Waals surface area contributed by atoms with E-state index in [4.69, 9.17) is 4.74 Å². The molecule has 0 saturated heterocycles. The number of amides is 1. The van der Waals surface area contributed by atoms with Gasteiger partial charge in [0.25, 0.3) is 0 Å². The summed E-state index contributed by atoms with van der Waals surface area (Å²) in [5.41, 5.74) is 2.19. The number of ether oxygens (including phenoxy) is 1. The normalized spacial score (nSPS) is 16.7. The van der Waals surface area contributed by atoms with Crippen molar-refractivity contribution in [1.29, 1.82) is 0 Å². The Morgan fingerprint density at radius 1 is 1.48 bits per heavy atom. The summed E-state index contributed by atoms with van der Waals surface area (Å²) in [5.74, 6) is 2.03. The summed E-state index contributed by atoms with van der Waals surface area (Å²) in [6.07, 6.45) is 3.36. The molecule has 1 aromatic heterocycles. The van der Waals surface area contributed by atoms with Crippen LogP contribution in [0.25, 0.3) is 0 Å². The third-order valence-corrected chi connectivity index (χ3v) is 4.43. The van der Waals surface area contributed by atoms with Crippen molar-refractivity contribution in [3.63, 3.8) is 0 Å². The van der Waals surface area contributed by atoms with Gasteiger partial charge in [0.2, 0.25) is 5.91 Å². The molecule has 0 N–H and O–H groups in total. The lowest BCUT2D eigenvalue weighted by atomic mass is 9.97. The van der Waals surface area contributed by atoms with E-state index >= 15 is 0 Å². The van der Waals surface area contributed by atoms with Crippen LogP contribution in [-0.2, 0) is 24.3 Å². The number of rotatable bonds is 4. The number of nitrogens with zero attached hydrogens (tertiary/aromatic N) is 4. The van der Waals surface area contributed by atoms with E-state index in [9.17, 15) is 4.79 Å². The molecule has 1 aromatic carbocycles. The van der Waals surface area contributed by atoms with Gasteiger partial charge < -0.3 is 14.2 Å². The highest BCUT2D eigenvalue weighted by atomic mass is 16.5. The van der Waals surface area contributed by atoms with Crippen LogP contribution < -0.4 is 4.74 Å². The van der Waals surface area contributed by atoms with Gasteiger partial charge in [-0.3, -0.25) is 4.79 Å². The number of carbonyl (C=O) groups is 1. The van der Waals surface area contributed by atoms with Crippen LogP contribution in [0.5, 0.6) is 5.75 Å². The van der Waals surface area contributed by atoms with Gasteiger partial charge in [-0.15, -0.1) is 10.2 Å². The number of hydrogen-bond donors (Lipinski definition) is 0. The maximum atomic E-state index is 12.7. The average Bonchev–Trinajstić information content (AvgIpc) is 3.01. The summed E-state index contributed by atoms with van der Waals surface area (Å²) in [6, 6.07) is 6.03. The molecule has 1 amide bonds. The van der Waals surface area contributed by atoms with Gasteiger partial charge in [-0.2, -0.15) is 0 Å². The molecule has 2 heterocycles. The van der Waals surface area contributed by atoms with Gasteiger partial charge in [0.05, 0.1) is 13.0 Å². The number of carbonyl (C=O) groups excluding carboxylic acids is 1. The van der Waals surface area contributed by atoms with Crippen LogP contribution in [0.2, 0.25) is 0 Å². The molecular formula is C17H22N4O2. The van der Waals surface area contributed by atoms with Crippen molar-refractivity contribution in [1.82, 2.24) is 19.7 Å². The summed E-state index contributed by atoms with van der Waals surface area (Å²) in [4.78, 5) is 14.5. The van der Waals surface area contributed by atoms with Crippen LogP contribution in [0, 0.1) is 12.8 Å². The first kappa shape index (κ1) is 15.5. The first-order valence-electron chi connectivity index (χ1n) is 7.83. The summed E-state index contributed by atoms with van der Waals surface area (Å²) in [6.45, 7) is 3.29. The molecule has 1 aliphatic rings. The predicted molar refractivity (Wildman–Crippen MR) is 86.0 cm³/mol. The molecule has 1 atom stereocenters. The zero-order valence-electron chi connectivity index (χ0n) is 13.8. The van der Waals surface area contributed by atoms with Crippen LogP contribution in [0.1, 0.15) is 23.4 Å². The third kappa shape index (κ3) is 3.21. The third-order valence-electron chi connectivity index (χ3n) is 4.43. The van der Waals surface area contributed by atoms with E-state index in [1.807, 2.05) is 30.7 Å². The minimum absolute atomic E-state index is 0.00263. The Balaban J connectivity index is 1.65. The Labute approximate surface area is 136 Å². The molecule has 23 heavy (non-hydrogen) atoms. The molecular weight excluding hydrogens is 292 g/mol. The van der Waals surface area contributed by atoms with E-state index in [-0.39, 0.29) is 11.8 Å². The molecule has 3 rings (SSSR count). The van der Waals surface area contributed by atoms with E-state index in [2.05, 4.69) is 16.3 Å². The molecule has 0 radical (unpaired) electrons. The number of aryl methyl sites for hydroxylation is 2. The Morgan fingerprint density at radius 2 is 2.30 bits per heavy atom. The second-order valence-electron chi connectivity index (χ2n) is 6.13. The van der Waals surface area contributed by atoms with Crippen molar-refractivity contribution in [2.75, 3.05) is 14.2 Å². The zero-order chi connectivity index (χ0) is 16.4. The van der Waals surface area contributed by atoms with E-state index in [0.29, 0.717) is 13.1 Å². The van der Waals surface area contributed by atoms with Gasteiger partial charge in [-0.25, -0.2) is 0 Å². The molecule has 1 unspecified atom stereocenters. The van der Waals surface area contributed by atoms with Crippen molar-refractivity contribution < 1.29 is 9.53 Å². The van der Waals surface area contributed by atoms with Gasteiger partial charge >= 0.3 is 0 Å². The Morgan fingerprint density at radius 3 is 3.04 bits per heavy atom. The van der Waals surface area contributed by atoms with Crippen LogP contribution in [0.3, 0.4) is 0 Å². The molecule has 1 aliphatic heterocycles. The number of fused-ring (bicyclic) bond motifs is 1. The fourth-order valence-electron chi connectivity index (χ4n) is 3.16. The molecule has 0 saturated carbocycles. The maximum absolute atomic E-state index is 12.7. The minimum Gasteiger partial charge on any atom is -0.496 e. The van der Waals surface area contributed by atoms with Crippen LogP contribution in [0.4, 0.5) is 0 Å². The highest BCUT2D eigenvalue weighted by Crippen LogP contribution is 2.22. The topological polar surface area (TPSA) is 60.2 Å². The van der Waals surface area contributed by atoms with Gasteiger partial charge in [0.15, 0.2) is 0 Å². The lowest BCUT2D eigenvalue weighted by molar-refractivity contribution is -0.135. The zero-order valence-corrected chi connectivity index (χ0v) is 13.8. The predicted octanol–water partition coefficient (Wildman–Crippen LogP) is 1.82. The van der Waals surface area contributed by atoms with E-state index in [0.717, 1.165) is 35.5 Å². The summed E-state index contributed by atoms with van der Waals surface area (Å²) >= 11 is 0. The highest BCUT2D eigenvalue weighted by Gasteiger charge is 2.27. The van der Waals surface area contributed by atoms with E-state index in [1.54, 1.807) is 18.3 Å². The quantitative estimate of drug-likeness (QED) is 0.863. The first-order chi connectivity index (χ1) is 11.1. The smallest absolute Gasteiger partial charge is 0.227 e. The molecule has 6 heteroatoms. The second kappa shape index (κ2) is 6.40. The number of aromatic nitrogens is 3. The number of hydrogen-bond acceptors (Lipinski definition) is 4. The summed E-state index contributed by atoms with van der Waals surface area (Å²) in [7, 11) is 3.53. The van der Waals surface area contributed by atoms with E-state index < -0.39 is 0 Å². The molecule has 0 bridgehead atoms. The Kier molecular flexibility index (Phi) is 4.32. The lowest BCUT2D eigenvalue weighted by Crippen LogP contribution is -2.37.